The Bertz CT molecular complexity index is 2090. The number of rotatable bonds is 5. The molecular formula is C34H29ClF2N6O3S. The molecule has 0 saturated carbocycles. The number of benzene rings is 2. The zero-order chi connectivity index (χ0) is 32.6. The maximum Gasteiger partial charge on any atom is 0.319 e. The zero-order valence-electron chi connectivity index (χ0n) is 25.2. The van der Waals surface area contributed by atoms with Crippen LogP contribution in [0.3, 0.4) is 0 Å². The second-order valence-electron chi connectivity index (χ2n) is 12.5. The Hall–Kier alpha value is -4.20. The van der Waals surface area contributed by atoms with Crippen LogP contribution in [0.25, 0.3) is 32.1 Å². The third-order valence-corrected chi connectivity index (χ3v) is 11.2. The fraction of sp³-hybridized carbons (Fsp3) is 0.382. The van der Waals surface area contributed by atoms with E-state index in [0.717, 1.165) is 49.3 Å². The van der Waals surface area contributed by atoms with Crippen LogP contribution in [0.15, 0.2) is 24.3 Å². The van der Waals surface area contributed by atoms with Crippen LogP contribution < -0.4 is 20.1 Å². The molecule has 2 aromatic carbocycles. The summed E-state index contributed by atoms with van der Waals surface area (Å²) in [6.45, 7) is 7.22. The van der Waals surface area contributed by atoms with Gasteiger partial charge in [-0.05, 0) is 43.9 Å². The molecule has 3 atom stereocenters. The van der Waals surface area contributed by atoms with Gasteiger partial charge < -0.3 is 24.8 Å². The number of nitrogens with two attached hydrogens (primary N) is 1. The molecule has 1 unspecified atom stereocenters. The highest BCUT2D eigenvalue weighted by Gasteiger charge is 2.47. The first kappa shape index (κ1) is 30.2. The summed E-state index contributed by atoms with van der Waals surface area (Å²) >= 11 is 7.96. The normalized spacial score (nSPS) is 23.9. The molecule has 0 amide bonds. The topological polar surface area (TPSA) is 110 Å². The fourth-order valence-corrected chi connectivity index (χ4v) is 8.98. The van der Waals surface area contributed by atoms with Gasteiger partial charge in [-0.2, -0.15) is 15.2 Å². The molecule has 0 bridgehead atoms. The first-order valence-electron chi connectivity index (χ1n) is 15.4. The molecule has 4 aliphatic heterocycles. The molecule has 6 heterocycles. The van der Waals surface area contributed by atoms with Crippen LogP contribution in [0.2, 0.25) is 5.02 Å². The number of halogens is 3. The highest BCUT2D eigenvalue weighted by molar-refractivity contribution is 7.23. The van der Waals surface area contributed by atoms with Crippen molar-refractivity contribution in [3.63, 3.8) is 0 Å². The Morgan fingerprint density at radius 1 is 1.28 bits per heavy atom. The zero-order valence-corrected chi connectivity index (χ0v) is 26.8. The molecule has 13 heteroatoms. The number of fused-ring (bicyclic) bond motifs is 2. The summed E-state index contributed by atoms with van der Waals surface area (Å²) in [6.07, 6.45) is 9.52. The minimum absolute atomic E-state index is 0.0207. The minimum atomic E-state index is -0.802. The monoisotopic (exact) mass is 674 g/mol. The maximum atomic E-state index is 17.2. The summed E-state index contributed by atoms with van der Waals surface area (Å²) in [7, 11) is 0. The highest BCUT2D eigenvalue weighted by Crippen LogP contribution is 2.51. The molecule has 2 N–H and O–H groups in total. The van der Waals surface area contributed by atoms with E-state index in [-0.39, 0.29) is 77.7 Å². The van der Waals surface area contributed by atoms with Crippen molar-refractivity contribution in [2.24, 2.45) is 0 Å². The lowest BCUT2D eigenvalue weighted by Gasteiger charge is -2.33. The van der Waals surface area contributed by atoms with Gasteiger partial charge in [0.25, 0.3) is 0 Å². The molecule has 8 rings (SSSR count). The predicted molar refractivity (Wildman–Crippen MR) is 177 cm³/mol. The number of aromatic nitrogens is 2. The van der Waals surface area contributed by atoms with Crippen molar-refractivity contribution in [2.45, 2.75) is 43.3 Å². The number of anilines is 2. The average Bonchev–Trinajstić information content (AvgIpc) is 3.82. The summed E-state index contributed by atoms with van der Waals surface area (Å²) in [5.74, 6) is 1.89. The largest absolute Gasteiger partial charge is 0.488 e. The van der Waals surface area contributed by atoms with Crippen molar-refractivity contribution in [1.82, 2.24) is 14.9 Å². The van der Waals surface area contributed by atoms with Gasteiger partial charge in [-0.1, -0.05) is 35.7 Å². The van der Waals surface area contributed by atoms with Gasteiger partial charge in [0, 0.05) is 24.1 Å². The van der Waals surface area contributed by atoms with E-state index in [0.29, 0.717) is 32.1 Å². The third kappa shape index (κ3) is 4.54. The van der Waals surface area contributed by atoms with Crippen molar-refractivity contribution >= 4 is 54.7 Å². The number of nitrogen functional groups attached to an aromatic ring is 1. The van der Waals surface area contributed by atoms with Crippen LogP contribution in [0.4, 0.5) is 19.6 Å². The Morgan fingerprint density at radius 2 is 2.13 bits per heavy atom. The van der Waals surface area contributed by atoms with E-state index in [1.54, 1.807) is 0 Å². The number of terminal acetylenes is 1. The van der Waals surface area contributed by atoms with E-state index >= 15 is 4.39 Å². The molecule has 3 fully saturated rings. The van der Waals surface area contributed by atoms with Crippen LogP contribution in [-0.4, -0.2) is 72.0 Å². The maximum absolute atomic E-state index is 17.2. The molecule has 47 heavy (non-hydrogen) atoms. The molecule has 2 aromatic heterocycles. The fourth-order valence-electron chi connectivity index (χ4n) is 7.70. The van der Waals surface area contributed by atoms with E-state index in [9.17, 15) is 9.65 Å². The van der Waals surface area contributed by atoms with E-state index in [1.807, 2.05) is 11.0 Å². The van der Waals surface area contributed by atoms with Crippen LogP contribution >= 0.6 is 22.9 Å². The number of nitrogens with zero attached hydrogens (tertiary/aromatic N) is 5. The number of hydrogen-bond acceptors (Lipinski definition) is 10. The average molecular weight is 675 g/mol. The lowest BCUT2D eigenvalue weighted by molar-refractivity contribution is 0.108. The standard InChI is InChI=1S/C34H29ClF2N6O3S/c1-3-18-15-45-29-25-28(27(37)24(26(29)35)20-5-6-22(36)30-23(20)21(12-38)31(39)47-30)40-33(41-32(25)43(18)19-7-10-44-14-19)46-16-34-8-4-9-42(34)13-17(2)11-34/h1,5-6,18-19H,2,4,7-11,13-16,39H2/t18-,19?,34+/m1/s1. The molecule has 0 spiro atoms. The van der Waals surface area contributed by atoms with E-state index in [2.05, 4.69) is 22.4 Å². The van der Waals surface area contributed by atoms with Crippen molar-refractivity contribution in [3.8, 4) is 41.3 Å². The quantitative estimate of drug-likeness (QED) is 0.200. The summed E-state index contributed by atoms with van der Waals surface area (Å²) in [6, 6.07) is 3.85. The van der Waals surface area contributed by atoms with E-state index in [4.69, 9.17) is 43.0 Å². The minimum Gasteiger partial charge on any atom is -0.488 e. The highest BCUT2D eigenvalue weighted by atomic mass is 35.5. The van der Waals surface area contributed by atoms with Gasteiger partial charge in [0.15, 0.2) is 11.6 Å². The lowest BCUT2D eigenvalue weighted by atomic mass is 9.94. The molecule has 9 nitrogen and oxygen atoms in total. The van der Waals surface area contributed by atoms with Gasteiger partial charge in [0.2, 0.25) is 0 Å². The summed E-state index contributed by atoms with van der Waals surface area (Å²) in [5, 5.41) is 10.4. The van der Waals surface area contributed by atoms with Crippen molar-refractivity contribution in [2.75, 3.05) is 50.2 Å². The summed E-state index contributed by atoms with van der Waals surface area (Å²) in [4.78, 5) is 13.8. The molecule has 4 aliphatic rings. The molecular weight excluding hydrogens is 646 g/mol. The smallest absolute Gasteiger partial charge is 0.319 e. The number of hydrogen-bond donors (Lipinski definition) is 1. The Morgan fingerprint density at radius 3 is 2.89 bits per heavy atom. The van der Waals surface area contributed by atoms with Crippen molar-refractivity contribution < 1.29 is 23.0 Å². The Kier molecular flexibility index (Phi) is 7.19. The van der Waals surface area contributed by atoms with Gasteiger partial charge in [0.1, 0.15) is 47.5 Å². The van der Waals surface area contributed by atoms with Gasteiger partial charge in [0.05, 0.1) is 38.9 Å². The Balaban J connectivity index is 1.37. The second-order valence-corrected chi connectivity index (χ2v) is 14.0. The number of ether oxygens (including phenoxy) is 3. The lowest BCUT2D eigenvalue weighted by Crippen LogP contribution is -2.46. The number of thiophene rings is 1. The van der Waals surface area contributed by atoms with Gasteiger partial charge in [-0.3, -0.25) is 4.90 Å². The first-order chi connectivity index (χ1) is 22.7. The van der Waals surface area contributed by atoms with Crippen LogP contribution in [0.5, 0.6) is 11.8 Å². The summed E-state index contributed by atoms with van der Waals surface area (Å²) < 4.78 is 50.7. The molecule has 4 aromatic rings. The molecule has 240 valence electrons. The molecule has 0 radical (unpaired) electrons. The van der Waals surface area contributed by atoms with Crippen LogP contribution in [-0.2, 0) is 4.74 Å². The Labute approximate surface area is 278 Å². The summed E-state index contributed by atoms with van der Waals surface area (Å²) in [5.41, 5.74) is 7.03. The third-order valence-electron chi connectivity index (χ3n) is 9.80. The molecule has 3 saturated heterocycles. The van der Waals surface area contributed by atoms with Gasteiger partial charge in [-0.15, -0.1) is 17.8 Å². The van der Waals surface area contributed by atoms with Crippen LogP contribution in [0.1, 0.15) is 31.2 Å². The predicted octanol–water partition coefficient (Wildman–Crippen LogP) is 6.06. The van der Waals surface area contributed by atoms with Gasteiger partial charge in [-0.25, -0.2) is 8.78 Å². The SMILES string of the molecule is C#C[C@@H]1COc2c(Cl)c(-c3ccc(F)c4sc(N)c(C#N)c34)c(F)c3nc(OC[C@@]45CCCN4CC(=C)C5)nc(c23)N1C1CCOC1. The van der Waals surface area contributed by atoms with E-state index in [1.165, 1.54) is 12.1 Å². The molecule has 0 aliphatic carbocycles. The van der Waals surface area contributed by atoms with Crippen molar-refractivity contribution in [1.29, 1.82) is 5.26 Å². The van der Waals surface area contributed by atoms with E-state index < -0.39 is 17.7 Å². The van der Waals surface area contributed by atoms with Crippen molar-refractivity contribution in [3.05, 3.63) is 46.5 Å². The first-order valence-corrected chi connectivity index (χ1v) is 16.6. The van der Waals surface area contributed by atoms with Gasteiger partial charge >= 0.3 is 6.01 Å². The second kappa shape index (κ2) is 11.2. The number of nitriles is 1. The van der Waals surface area contributed by atoms with Crippen LogP contribution in [0, 0.1) is 35.3 Å².